The molecule has 0 saturated carbocycles. The monoisotopic (exact) mass is 1910 g/mol. The van der Waals surface area contributed by atoms with Crippen LogP contribution in [0.2, 0.25) is 0 Å². The van der Waals surface area contributed by atoms with Crippen LogP contribution in [0.15, 0.2) is 128 Å². The number of imidazole rings is 2. The molecule has 94 heavy (non-hydrogen) atoms. The van der Waals surface area contributed by atoms with Crippen molar-refractivity contribution >= 4 is 188 Å². The van der Waals surface area contributed by atoms with Gasteiger partial charge in [-0.05, 0) is 121 Å². The number of aryl methyl sites for hydroxylation is 2. The van der Waals surface area contributed by atoms with E-state index in [9.17, 15) is 0 Å². The second kappa shape index (κ2) is 25.3. The van der Waals surface area contributed by atoms with Crippen LogP contribution in [0.25, 0.3) is 115 Å². The van der Waals surface area contributed by atoms with E-state index in [1.807, 2.05) is 134 Å². The molecule has 0 unspecified atom stereocenters. The molecule has 8 aromatic rings. The van der Waals surface area contributed by atoms with Gasteiger partial charge in [0.05, 0.1) is 34.2 Å². The first kappa shape index (κ1) is 63.2. The Labute approximate surface area is 608 Å². The fraction of sp³-hybridized carbons (Fsp3) is 0.148. The van der Waals surface area contributed by atoms with Gasteiger partial charge in [-0.2, -0.15) is 0 Å². The van der Waals surface area contributed by atoms with Gasteiger partial charge in [-0.1, -0.05) is 25.8 Å². The number of aliphatic imine (C=N–C) groups is 2. The first-order valence-corrected chi connectivity index (χ1v) is 34.6. The molecule has 0 aromatic carbocycles. The van der Waals surface area contributed by atoms with Crippen molar-refractivity contribution in [1.82, 2.24) is 67.8 Å². The number of thiazole rings is 3. The molecule has 21 rings (SSSR count). The summed E-state index contributed by atoms with van der Waals surface area (Å²) >= 11 is 11.1. The van der Waals surface area contributed by atoms with Crippen LogP contribution < -0.4 is 21.4 Å². The Morgan fingerprint density at radius 2 is 0.798 bits per heavy atom. The Hall–Kier alpha value is -6.92. The van der Waals surface area contributed by atoms with E-state index in [2.05, 4.69) is 139 Å². The van der Waals surface area contributed by atoms with E-state index in [0.29, 0.717) is 29.7 Å². The Bertz CT molecular complexity index is 4630. The van der Waals surface area contributed by atoms with E-state index in [0.717, 1.165) is 130 Å². The van der Waals surface area contributed by atoms with Crippen LogP contribution >= 0.6 is 81.1 Å². The van der Waals surface area contributed by atoms with E-state index in [1.54, 1.807) is 87.3 Å². The third kappa shape index (κ3) is 11.3. The zero-order chi connectivity index (χ0) is 60.6. The predicted molar refractivity (Wildman–Crippen MR) is 371 cm³/mol. The summed E-state index contributed by atoms with van der Waals surface area (Å²) in [5.74, 6) is 2.60. The normalized spacial score (nSPS) is 19.0. The number of hydrogen-bond donors (Lipinski definition) is 0. The number of nitrogens with zero attached hydrogens (tertiary/aromatic N) is 22. The number of hydrogen-bond acceptors (Lipinski definition) is 20. The molecule has 0 atom stereocenters. The Morgan fingerprint density at radius 3 is 1.19 bits per heavy atom. The predicted octanol–water partition coefficient (Wildman–Crippen LogP) is 11.3. The SMILES string of the molecule is C1=C2[N-]C(=CS2)c2coc(n2)C=C2[N-]C(=CS2)c2csc1n2.C1=C2[N-]C(=CS2)c2csc(n2)C=C2[N-]C(=CS2)c2csc1n2.C1=c2ccc3n2C24N(C1)CC=c1ccc(n12)=CCN4CC=3.CN1C=C2[N-]C1=Nc1nc(cn1C)C1=CN(C)C(=Nc3nc2cn3C)[N-]1.[Pt+2].[Pt+2].[Pt+2]. The van der Waals surface area contributed by atoms with Crippen molar-refractivity contribution in [3.63, 3.8) is 0 Å². The van der Waals surface area contributed by atoms with Crippen molar-refractivity contribution in [2.24, 2.45) is 24.1 Å². The van der Waals surface area contributed by atoms with Gasteiger partial charge in [0.2, 0.25) is 11.8 Å². The van der Waals surface area contributed by atoms with Gasteiger partial charge in [0.25, 0.3) is 0 Å². The van der Waals surface area contributed by atoms with Crippen molar-refractivity contribution in [2.45, 2.75) is 5.91 Å². The van der Waals surface area contributed by atoms with Crippen LogP contribution in [-0.4, -0.2) is 120 Å². The van der Waals surface area contributed by atoms with Gasteiger partial charge in [-0.15, -0.1) is 98.1 Å². The Balaban J connectivity index is 0.000000103. The van der Waals surface area contributed by atoms with Crippen molar-refractivity contribution in [2.75, 3.05) is 40.3 Å². The molecule has 33 heteroatoms. The molecule has 13 aliphatic rings. The first-order valence-electron chi connectivity index (χ1n) is 28.4. The number of rotatable bonds is 0. The molecule has 13 aliphatic heterocycles. The van der Waals surface area contributed by atoms with E-state index in [1.165, 1.54) is 21.4 Å². The number of guanidine groups is 2. The third-order valence-corrected chi connectivity index (χ3v) is 21.5. The van der Waals surface area contributed by atoms with Gasteiger partial charge in [0, 0.05) is 114 Å². The molecule has 0 radical (unpaired) electrons. The second-order valence-corrected chi connectivity index (χ2v) is 28.0. The van der Waals surface area contributed by atoms with Gasteiger partial charge in [-0.25, -0.2) is 39.7 Å². The average molecular weight is 1910 g/mol. The summed E-state index contributed by atoms with van der Waals surface area (Å²) in [6.45, 7) is 4.03. The summed E-state index contributed by atoms with van der Waals surface area (Å²) in [7, 11) is 7.60. The van der Waals surface area contributed by atoms with Gasteiger partial charge < -0.3 is 65.2 Å². The Morgan fingerprint density at radius 1 is 0.426 bits per heavy atom. The molecule has 476 valence electrons. The number of oxazole rings is 1. The second-order valence-electron chi connectivity index (χ2n) is 21.8. The molecular formula is C61H44N22OPt3S7. The molecule has 0 amide bonds. The summed E-state index contributed by atoms with van der Waals surface area (Å²) in [6, 6.07) is 9.06. The number of aromatic nitrogens is 10. The maximum atomic E-state index is 5.49. The van der Waals surface area contributed by atoms with Gasteiger partial charge >= 0.3 is 63.2 Å². The van der Waals surface area contributed by atoms with E-state index in [4.69, 9.17) is 4.42 Å². The number of thioether (sulfide) groups is 4. The maximum Gasteiger partial charge on any atom is 2.00 e. The smallest absolute Gasteiger partial charge is 0.650 e. The number of fused-ring (bicyclic) bond motifs is 30. The van der Waals surface area contributed by atoms with Crippen LogP contribution in [0, 0.1) is 0 Å². The molecule has 0 N–H and O–H groups in total. The third-order valence-electron chi connectivity index (χ3n) is 16.0. The quantitative estimate of drug-likeness (QED) is 0.137. The van der Waals surface area contributed by atoms with Gasteiger partial charge in [0.1, 0.15) is 21.3 Å². The summed E-state index contributed by atoms with van der Waals surface area (Å²) in [5, 5.41) is 53.6. The van der Waals surface area contributed by atoms with E-state index in [-0.39, 0.29) is 69.1 Å². The maximum absolute atomic E-state index is 5.49. The first-order chi connectivity index (χ1) is 44.5. The van der Waals surface area contributed by atoms with Gasteiger partial charge in [-0.3, -0.25) is 9.13 Å². The minimum absolute atomic E-state index is 0. The van der Waals surface area contributed by atoms with Crippen molar-refractivity contribution in [1.29, 1.82) is 0 Å². The standard InChI is InChI=1S/C17H16N4.C16H16N10.C14H6N4OS3.C14H6N4S4.3Pt/c1-2-14-6-10-19-12-8-16-4-3-15-7-11-18-9-5-13(1)20(14)17(18,19)21(15)16;1-23-5-9-10-6-25(3)15(18-10)22-16-20-12(8-26(16)4)11-7-24(2)14(19-11)21-13(23)17-9;1-11-15-7(3-19-11)8-4-21-13(16-8)2-14-18-10(6-22-14)9-5-20-12(1)17-9;1-11-15-7(3-19-11)9-5-21-13(17-9)2-14-18-10(6-22-14)8-4-20-12(1)16-8;;;/h1-8H,9-12H2;5-8H,1-4H3;2*1-6H;;;/q;3*-2;3*+2. The molecule has 24 bridgehead atoms. The van der Waals surface area contributed by atoms with E-state index < -0.39 is 0 Å². The molecule has 0 saturated heterocycles. The van der Waals surface area contributed by atoms with Crippen molar-refractivity contribution < 1.29 is 67.6 Å². The van der Waals surface area contributed by atoms with Crippen molar-refractivity contribution in [3.8, 4) is 0 Å². The molecule has 8 aromatic heterocycles. The molecule has 21 heterocycles. The average Bonchev–Trinajstić information content (AvgIpc) is 1.37. The summed E-state index contributed by atoms with van der Waals surface area (Å²) in [5.41, 5.74) is 9.90. The summed E-state index contributed by atoms with van der Waals surface area (Å²) in [4.78, 5) is 45.6. The van der Waals surface area contributed by atoms with Crippen LogP contribution in [0.3, 0.4) is 0 Å². The van der Waals surface area contributed by atoms with E-state index >= 15 is 0 Å². The minimum Gasteiger partial charge on any atom is -0.650 e. The zero-order valence-corrected chi connectivity index (χ0v) is 61.8. The summed E-state index contributed by atoms with van der Waals surface area (Å²) in [6.07, 6.45) is 26.5. The Kier molecular flexibility index (Phi) is 17.0. The minimum atomic E-state index is -0.171. The van der Waals surface area contributed by atoms with Crippen LogP contribution in [0.4, 0.5) is 11.9 Å². The molecule has 23 nitrogen and oxygen atoms in total. The van der Waals surface area contributed by atoms with Crippen molar-refractivity contribution in [3.05, 3.63) is 222 Å². The molecule has 0 aliphatic carbocycles. The molecule has 0 fully saturated rings. The topological polar surface area (TPSA) is 232 Å². The molecule has 1 spiro atoms. The fourth-order valence-corrected chi connectivity index (χ4v) is 17.1. The largest absolute Gasteiger partial charge is 2.00 e. The van der Waals surface area contributed by atoms with Gasteiger partial charge in [0.15, 0.2) is 11.9 Å². The fourth-order valence-electron chi connectivity index (χ4n) is 11.7. The zero-order valence-electron chi connectivity index (χ0n) is 49.2. The molecular weight excluding hydrogens is 1870 g/mol. The van der Waals surface area contributed by atoms with Crippen LogP contribution in [-0.2, 0) is 83.2 Å². The van der Waals surface area contributed by atoms with Crippen LogP contribution in [0.5, 0.6) is 0 Å². The van der Waals surface area contributed by atoms with Crippen LogP contribution in [0.1, 0.15) is 55.1 Å². The summed E-state index contributed by atoms with van der Waals surface area (Å²) < 4.78 is 14.2.